The Morgan fingerprint density at radius 1 is 1.18 bits per heavy atom. The molecule has 0 saturated carbocycles. The van der Waals surface area contributed by atoms with Crippen molar-refractivity contribution in [2.45, 2.75) is 32.7 Å². The number of aryl methyl sites for hydroxylation is 1. The van der Waals surface area contributed by atoms with E-state index in [1.54, 1.807) is 10.7 Å². The lowest BCUT2D eigenvalue weighted by molar-refractivity contribution is 0.132. The first-order valence-electron chi connectivity index (χ1n) is 13.4. The predicted octanol–water partition coefficient (Wildman–Crippen LogP) is 4.98. The van der Waals surface area contributed by atoms with Gasteiger partial charge in [0.2, 0.25) is 0 Å². The number of hydrogen-bond donors (Lipinski definition) is 3. The molecule has 1 fully saturated rings. The number of anilines is 3. The van der Waals surface area contributed by atoms with Crippen LogP contribution in [0.1, 0.15) is 30.9 Å². The van der Waals surface area contributed by atoms with Crippen molar-refractivity contribution in [1.82, 2.24) is 29.7 Å². The van der Waals surface area contributed by atoms with Gasteiger partial charge in [-0.25, -0.2) is 14.3 Å². The first-order valence-corrected chi connectivity index (χ1v) is 13.4. The molecule has 2 aromatic carbocycles. The molecule has 3 N–H and O–H groups in total. The van der Waals surface area contributed by atoms with Gasteiger partial charge >= 0.3 is 6.09 Å². The second kappa shape index (κ2) is 11.1. The summed E-state index contributed by atoms with van der Waals surface area (Å²) in [6, 6.07) is 16.4. The van der Waals surface area contributed by atoms with Crippen LogP contribution < -0.4 is 16.0 Å². The van der Waals surface area contributed by atoms with Crippen molar-refractivity contribution in [3.05, 3.63) is 78.4 Å². The molecule has 0 aliphatic carbocycles. The zero-order valence-electron chi connectivity index (χ0n) is 21.9. The van der Waals surface area contributed by atoms with Gasteiger partial charge in [-0.2, -0.15) is 10.2 Å². The number of ether oxygens (including phenoxy) is 1. The maximum atomic E-state index is 12.6. The number of nitrogens with zero attached hydrogens (tertiary/aromatic N) is 5. The molecule has 1 aliphatic rings. The van der Waals surface area contributed by atoms with E-state index in [0.29, 0.717) is 37.0 Å². The van der Waals surface area contributed by atoms with Gasteiger partial charge in [-0.1, -0.05) is 37.3 Å². The molecule has 3 aromatic heterocycles. The number of amides is 1. The van der Waals surface area contributed by atoms with E-state index in [0.717, 1.165) is 53.6 Å². The van der Waals surface area contributed by atoms with E-state index in [1.165, 1.54) is 11.9 Å². The van der Waals surface area contributed by atoms with Crippen LogP contribution in [0.2, 0.25) is 0 Å². The van der Waals surface area contributed by atoms with Gasteiger partial charge in [-0.15, -0.1) is 0 Å². The predicted molar refractivity (Wildman–Crippen MR) is 151 cm³/mol. The van der Waals surface area contributed by atoms with Crippen LogP contribution in [0.5, 0.6) is 0 Å². The quantitative estimate of drug-likeness (QED) is 0.263. The first kappa shape index (κ1) is 24.9. The topological polar surface area (TPSA) is 110 Å². The van der Waals surface area contributed by atoms with Crippen molar-refractivity contribution in [2.75, 3.05) is 30.3 Å². The number of hydrogen-bond acceptors (Lipinski definition) is 7. The summed E-state index contributed by atoms with van der Waals surface area (Å²) in [5, 5.41) is 19.7. The molecule has 0 bridgehead atoms. The van der Waals surface area contributed by atoms with Crippen LogP contribution in [-0.4, -0.2) is 50.2 Å². The fraction of sp³-hybridized carbons (Fsp3) is 0.310. The Bertz CT molecular complexity index is 1590. The third-order valence-electron chi connectivity index (χ3n) is 7.20. The van der Waals surface area contributed by atoms with Crippen molar-refractivity contribution in [3.8, 4) is 0 Å². The number of carbonyl (C=O) groups excluding carboxylic acids is 1. The van der Waals surface area contributed by atoms with E-state index in [2.05, 4.69) is 55.4 Å². The Labute approximate surface area is 226 Å². The number of fused-ring (bicyclic) bond motifs is 2. The average molecular weight is 525 g/mol. The number of benzene rings is 2. The van der Waals surface area contributed by atoms with E-state index in [-0.39, 0.29) is 0 Å². The maximum absolute atomic E-state index is 12.6. The van der Waals surface area contributed by atoms with Crippen molar-refractivity contribution in [3.63, 3.8) is 0 Å². The third kappa shape index (κ3) is 5.42. The van der Waals surface area contributed by atoms with E-state index in [9.17, 15) is 4.79 Å². The Balaban J connectivity index is 1.20. The largest absolute Gasteiger partial charge is 0.449 e. The van der Waals surface area contributed by atoms with Crippen LogP contribution in [0.3, 0.4) is 0 Å². The highest BCUT2D eigenvalue weighted by molar-refractivity contribution is 5.91. The fourth-order valence-electron chi connectivity index (χ4n) is 5.22. The molecule has 1 amide bonds. The average Bonchev–Trinajstić information content (AvgIpc) is 3.53. The highest BCUT2D eigenvalue weighted by Gasteiger charge is 2.19. The van der Waals surface area contributed by atoms with Gasteiger partial charge in [-0.05, 0) is 49.6 Å². The summed E-state index contributed by atoms with van der Waals surface area (Å²) in [5.41, 5.74) is 5.57. The smallest absolute Gasteiger partial charge is 0.411 e. The monoisotopic (exact) mass is 524 g/mol. The van der Waals surface area contributed by atoms with Gasteiger partial charge in [0.1, 0.15) is 11.8 Å². The lowest BCUT2D eigenvalue weighted by Crippen LogP contribution is -2.33. The summed E-state index contributed by atoms with van der Waals surface area (Å²) in [6.07, 6.45) is 7.60. The van der Waals surface area contributed by atoms with Crippen molar-refractivity contribution < 1.29 is 9.53 Å². The number of nitrogens with one attached hydrogen (secondary N) is 3. The normalized spacial score (nSPS) is 15.5. The Morgan fingerprint density at radius 3 is 2.90 bits per heavy atom. The molecule has 1 unspecified atom stereocenters. The molecular formula is C29H32N8O2. The summed E-state index contributed by atoms with van der Waals surface area (Å²) in [6.45, 7) is 5.08. The van der Waals surface area contributed by atoms with Crippen molar-refractivity contribution >= 4 is 39.7 Å². The molecule has 0 spiro atoms. The van der Waals surface area contributed by atoms with Crippen LogP contribution in [-0.2, 0) is 17.7 Å². The van der Waals surface area contributed by atoms with Crippen LogP contribution in [0.25, 0.3) is 16.4 Å². The second-order valence-corrected chi connectivity index (χ2v) is 9.90. The zero-order valence-corrected chi connectivity index (χ0v) is 21.9. The number of carbonyl (C=O) groups is 1. The number of rotatable bonds is 8. The molecule has 200 valence electrons. The lowest BCUT2D eigenvalue weighted by atomic mass is 10.0. The summed E-state index contributed by atoms with van der Waals surface area (Å²) < 4.78 is 9.27. The van der Waals surface area contributed by atoms with E-state index in [4.69, 9.17) is 4.74 Å². The molecule has 0 radical (unpaired) electrons. The highest BCUT2D eigenvalue weighted by atomic mass is 16.5. The minimum absolute atomic E-state index is 0.354. The fourth-order valence-corrected chi connectivity index (χ4v) is 5.22. The van der Waals surface area contributed by atoms with Gasteiger partial charge < -0.3 is 15.4 Å². The molecule has 1 aliphatic heterocycles. The van der Waals surface area contributed by atoms with Crippen LogP contribution in [0.4, 0.5) is 22.0 Å². The summed E-state index contributed by atoms with van der Waals surface area (Å²) >= 11 is 0. The van der Waals surface area contributed by atoms with E-state index in [1.807, 2.05) is 42.1 Å². The van der Waals surface area contributed by atoms with Crippen molar-refractivity contribution in [1.29, 1.82) is 0 Å². The Hall–Kier alpha value is -4.44. The number of aromatic nitrogens is 5. The van der Waals surface area contributed by atoms with Gasteiger partial charge in [0.05, 0.1) is 36.7 Å². The molecule has 1 saturated heterocycles. The second-order valence-electron chi connectivity index (χ2n) is 9.90. The van der Waals surface area contributed by atoms with Gasteiger partial charge in [0, 0.05) is 29.1 Å². The molecule has 10 heteroatoms. The van der Waals surface area contributed by atoms with E-state index >= 15 is 0 Å². The standard InChI is InChI=1S/C29H32N8O2/c1-2-24-25(35-29(38)39-18-21-9-6-12-30-14-21)17-37-27(24)28(31-19-33-37)34-23-10-11-26-22(13-23)15-32-36(26)16-20-7-4-3-5-8-20/h3-5,7-8,10-11,13,15,17,19,21,30H,2,6,9,12,14,16,18H2,1H3,(H,35,38)(H,31,33,34). The minimum Gasteiger partial charge on any atom is -0.449 e. The molecular weight excluding hydrogens is 492 g/mol. The molecule has 10 nitrogen and oxygen atoms in total. The summed E-state index contributed by atoms with van der Waals surface area (Å²) in [7, 11) is 0. The maximum Gasteiger partial charge on any atom is 0.411 e. The lowest BCUT2D eigenvalue weighted by Gasteiger charge is -2.22. The molecule has 6 rings (SSSR count). The first-order chi connectivity index (χ1) is 19.2. The molecule has 1 atom stereocenters. The van der Waals surface area contributed by atoms with Crippen molar-refractivity contribution in [2.24, 2.45) is 5.92 Å². The Kier molecular flexibility index (Phi) is 7.09. The minimum atomic E-state index is -0.452. The third-order valence-corrected chi connectivity index (χ3v) is 7.20. The molecule has 39 heavy (non-hydrogen) atoms. The SMILES string of the molecule is CCc1c(NC(=O)OCC2CCCNC2)cn2ncnc(Nc3ccc4c(cnn4Cc4ccccc4)c3)c12. The molecule has 4 heterocycles. The summed E-state index contributed by atoms with van der Waals surface area (Å²) in [4.78, 5) is 17.1. The van der Waals surface area contributed by atoms with Gasteiger partial charge in [0.25, 0.3) is 0 Å². The van der Waals surface area contributed by atoms with Crippen LogP contribution in [0, 0.1) is 5.92 Å². The molecule has 5 aromatic rings. The van der Waals surface area contributed by atoms with E-state index < -0.39 is 6.09 Å². The van der Waals surface area contributed by atoms with Crippen LogP contribution >= 0.6 is 0 Å². The van der Waals surface area contributed by atoms with Gasteiger partial charge in [-0.3, -0.25) is 10.00 Å². The van der Waals surface area contributed by atoms with Crippen LogP contribution in [0.15, 0.2) is 67.3 Å². The van der Waals surface area contributed by atoms with Gasteiger partial charge in [0.15, 0.2) is 5.82 Å². The summed E-state index contributed by atoms with van der Waals surface area (Å²) in [5.74, 6) is 1.01. The number of piperidine rings is 1. The Morgan fingerprint density at radius 2 is 2.08 bits per heavy atom. The zero-order chi connectivity index (χ0) is 26.6. The highest BCUT2D eigenvalue weighted by Crippen LogP contribution is 2.30.